The first-order chi connectivity index (χ1) is 5.52. The number of carboxylic acid groups (broad SMARTS) is 1. The Morgan fingerprint density at radius 2 is 2.08 bits per heavy atom. The van der Waals surface area contributed by atoms with Crippen LogP contribution >= 0.6 is 0 Å². The van der Waals surface area contributed by atoms with E-state index in [-0.39, 0.29) is 12.0 Å². The molecule has 0 spiro atoms. The molecule has 0 aromatic heterocycles. The largest absolute Gasteiger partial charge is 0.478 e. The third-order valence-corrected chi connectivity index (χ3v) is 1.68. The SMILES string of the molecule is O=C(O)C1=CC(=O)[C@@H](O)[C@@H](O)C1. The molecule has 0 radical (unpaired) electrons. The van der Waals surface area contributed by atoms with Gasteiger partial charge in [-0.1, -0.05) is 0 Å². The highest BCUT2D eigenvalue weighted by atomic mass is 16.4. The molecule has 5 heteroatoms. The summed E-state index contributed by atoms with van der Waals surface area (Å²) >= 11 is 0. The summed E-state index contributed by atoms with van der Waals surface area (Å²) in [7, 11) is 0. The zero-order chi connectivity index (χ0) is 9.30. The van der Waals surface area contributed by atoms with Crippen LogP contribution < -0.4 is 0 Å². The van der Waals surface area contributed by atoms with Crippen molar-refractivity contribution in [2.75, 3.05) is 0 Å². The van der Waals surface area contributed by atoms with Gasteiger partial charge in [0.25, 0.3) is 0 Å². The van der Waals surface area contributed by atoms with Crippen molar-refractivity contribution < 1.29 is 24.9 Å². The normalized spacial score (nSPS) is 29.8. The fraction of sp³-hybridized carbons (Fsp3) is 0.429. The van der Waals surface area contributed by atoms with E-state index < -0.39 is 24.0 Å². The maximum atomic E-state index is 10.8. The van der Waals surface area contributed by atoms with Crippen LogP contribution in [0.4, 0.5) is 0 Å². The van der Waals surface area contributed by atoms with Crippen molar-refractivity contribution in [3.63, 3.8) is 0 Å². The highest BCUT2D eigenvalue weighted by Crippen LogP contribution is 2.16. The molecule has 3 N–H and O–H groups in total. The Morgan fingerprint density at radius 3 is 2.50 bits per heavy atom. The average Bonchev–Trinajstić information content (AvgIpc) is 1.99. The molecule has 0 bridgehead atoms. The monoisotopic (exact) mass is 172 g/mol. The van der Waals surface area contributed by atoms with Crippen LogP contribution in [0.25, 0.3) is 0 Å². The van der Waals surface area contributed by atoms with Gasteiger partial charge in [-0.3, -0.25) is 4.79 Å². The second kappa shape index (κ2) is 3.04. The summed E-state index contributed by atoms with van der Waals surface area (Å²) in [5.74, 6) is -2.00. The standard InChI is InChI=1S/C7H8O5/c8-4-1-3(7(11)12)2-5(9)6(4)10/h1,5-6,9-10H,2H2,(H,11,12)/t5-,6+/m0/s1. The van der Waals surface area contributed by atoms with Crippen molar-refractivity contribution in [3.8, 4) is 0 Å². The van der Waals surface area contributed by atoms with Crippen molar-refractivity contribution >= 4 is 11.8 Å². The van der Waals surface area contributed by atoms with Crippen LogP contribution in [0.1, 0.15) is 6.42 Å². The smallest absolute Gasteiger partial charge is 0.331 e. The first-order valence-corrected chi connectivity index (χ1v) is 3.36. The molecular formula is C7H8O5. The lowest BCUT2D eigenvalue weighted by Crippen LogP contribution is -2.37. The molecule has 12 heavy (non-hydrogen) atoms. The second-order valence-electron chi connectivity index (χ2n) is 2.59. The molecule has 5 nitrogen and oxygen atoms in total. The first kappa shape index (κ1) is 8.89. The maximum absolute atomic E-state index is 10.8. The number of hydrogen-bond acceptors (Lipinski definition) is 4. The third-order valence-electron chi connectivity index (χ3n) is 1.68. The summed E-state index contributed by atoms with van der Waals surface area (Å²) in [6.45, 7) is 0. The number of carboxylic acids is 1. The van der Waals surface area contributed by atoms with E-state index in [4.69, 9.17) is 15.3 Å². The van der Waals surface area contributed by atoms with E-state index in [1.807, 2.05) is 0 Å². The fourth-order valence-corrected chi connectivity index (χ4v) is 0.992. The molecule has 1 aliphatic rings. The lowest BCUT2D eigenvalue weighted by molar-refractivity contribution is -0.136. The molecule has 0 amide bonds. The summed E-state index contributed by atoms with van der Waals surface area (Å²) < 4.78 is 0. The molecule has 0 unspecified atom stereocenters. The van der Waals surface area contributed by atoms with Crippen molar-refractivity contribution in [2.45, 2.75) is 18.6 Å². The summed E-state index contributed by atoms with van der Waals surface area (Å²) in [4.78, 5) is 21.1. The van der Waals surface area contributed by atoms with E-state index in [2.05, 4.69) is 0 Å². The van der Waals surface area contributed by atoms with Crippen molar-refractivity contribution in [1.82, 2.24) is 0 Å². The number of aliphatic hydroxyl groups excluding tert-OH is 2. The maximum Gasteiger partial charge on any atom is 0.331 e. The molecule has 66 valence electrons. The van der Waals surface area contributed by atoms with Crippen LogP contribution in [-0.2, 0) is 9.59 Å². The summed E-state index contributed by atoms with van der Waals surface area (Å²) in [6.07, 6.45) is -2.12. The molecule has 0 saturated heterocycles. The van der Waals surface area contributed by atoms with E-state index >= 15 is 0 Å². The number of aliphatic hydroxyl groups is 2. The number of aliphatic carboxylic acids is 1. The van der Waals surface area contributed by atoms with Gasteiger partial charge in [0.2, 0.25) is 0 Å². The fourth-order valence-electron chi connectivity index (χ4n) is 0.992. The van der Waals surface area contributed by atoms with E-state index in [0.29, 0.717) is 0 Å². The van der Waals surface area contributed by atoms with Gasteiger partial charge in [0, 0.05) is 12.0 Å². The Balaban J connectivity index is 2.89. The van der Waals surface area contributed by atoms with Crippen LogP contribution in [-0.4, -0.2) is 39.3 Å². The Kier molecular flexibility index (Phi) is 2.25. The van der Waals surface area contributed by atoms with Gasteiger partial charge in [-0.15, -0.1) is 0 Å². The number of carbonyl (C=O) groups excluding carboxylic acids is 1. The van der Waals surface area contributed by atoms with E-state index in [1.165, 1.54) is 0 Å². The molecule has 0 aromatic rings. The topological polar surface area (TPSA) is 94.8 Å². The highest BCUT2D eigenvalue weighted by Gasteiger charge is 2.30. The molecule has 2 atom stereocenters. The molecule has 0 heterocycles. The van der Waals surface area contributed by atoms with Gasteiger partial charge in [-0.2, -0.15) is 0 Å². The Hall–Kier alpha value is -1.20. The number of ketones is 1. The van der Waals surface area contributed by atoms with Gasteiger partial charge in [0.15, 0.2) is 5.78 Å². The van der Waals surface area contributed by atoms with Gasteiger partial charge in [0.1, 0.15) is 6.10 Å². The van der Waals surface area contributed by atoms with Crippen molar-refractivity contribution in [1.29, 1.82) is 0 Å². The summed E-state index contributed by atoms with van der Waals surface area (Å²) in [6, 6.07) is 0. The van der Waals surface area contributed by atoms with Crippen LogP contribution in [0.2, 0.25) is 0 Å². The summed E-state index contributed by atoms with van der Waals surface area (Å²) in [5.41, 5.74) is -0.169. The van der Waals surface area contributed by atoms with Gasteiger partial charge in [-0.25, -0.2) is 4.79 Å². The molecule has 0 saturated carbocycles. The lowest BCUT2D eigenvalue weighted by atomic mass is 9.94. The number of rotatable bonds is 1. The molecule has 1 aliphatic carbocycles. The van der Waals surface area contributed by atoms with Gasteiger partial charge in [-0.05, 0) is 6.08 Å². The van der Waals surface area contributed by atoms with Gasteiger partial charge < -0.3 is 15.3 Å². The van der Waals surface area contributed by atoms with Crippen LogP contribution in [0.15, 0.2) is 11.6 Å². The quantitative estimate of drug-likeness (QED) is 0.456. The van der Waals surface area contributed by atoms with E-state index in [0.717, 1.165) is 6.08 Å². The zero-order valence-corrected chi connectivity index (χ0v) is 6.10. The van der Waals surface area contributed by atoms with E-state index in [1.54, 1.807) is 0 Å². The highest BCUT2D eigenvalue weighted by molar-refractivity contribution is 6.02. The molecule has 0 fully saturated rings. The molecular weight excluding hydrogens is 164 g/mol. The minimum Gasteiger partial charge on any atom is -0.478 e. The lowest BCUT2D eigenvalue weighted by Gasteiger charge is -2.19. The minimum atomic E-state index is -1.48. The van der Waals surface area contributed by atoms with Crippen molar-refractivity contribution in [3.05, 3.63) is 11.6 Å². The minimum absolute atomic E-state index is 0.169. The predicted molar refractivity (Wildman–Crippen MR) is 37.4 cm³/mol. The zero-order valence-electron chi connectivity index (χ0n) is 6.10. The van der Waals surface area contributed by atoms with Crippen molar-refractivity contribution in [2.24, 2.45) is 0 Å². The van der Waals surface area contributed by atoms with Crippen LogP contribution in [0.3, 0.4) is 0 Å². The summed E-state index contributed by atoms with van der Waals surface area (Å²) in [5, 5.41) is 26.3. The predicted octanol–water partition coefficient (Wildman–Crippen LogP) is -1.31. The second-order valence-corrected chi connectivity index (χ2v) is 2.59. The molecule has 0 aromatic carbocycles. The Bertz CT molecular complexity index is 255. The number of carbonyl (C=O) groups is 2. The van der Waals surface area contributed by atoms with Gasteiger partial charge >= 0.3 is 5.97 Å². The third kappa shape index (κ3) is 1.51. The van der Waals surface area contributed by atoms with Gasteiger partial charge in [0.05, 0.1) is 6.10 Å². The Labute approximate surface area is 67.9 Å². The molecule has 0 aliphatic heterocycles. The van der Waals surface area contributed by atoms with Crippen LogP contribution in [0, 0.1) is 0 Å². The number of hydrogen-bond donors (Lipinski definition) is 3. The first-order valence-electron chi connectivity index (χ1n) is 3.36. The average molecular weight is 172 g/mol. The Morgan fingerprint density at radius 1 is 1.50 bits per heavy atom. The van der Waals surface area contributed by atoms with E-state index in [9.17, 15) is 9.59 Å². The van der Waals surface area contributed by atoms with Crippen LogP contribution in [0.5, 0.6) is 0 Å². The molecule has 1 rings (SSSR count).